The first-order valence-electron chi connectivity index (χ1n) is 6.96. The molecule has 0 saturated carbocycles. The summed E-state index contributed by atoms with van der Waals surface area (Å²) < 4.78 is 0. The van der Waals surface area contributed by atoms with Gasteiger partial charge in [-0.3, -0.25) is 0 Å². The Labute approximate surface area is 137 Å². The molecule has 0 rings (SSSR count). The van der Waals surface area contributed by atoms with E-state index in [4.69, 9.17) is 61.3 Å². The summed E-state index contributed by atoms with van der Waals surface area (Å²) in [5, 5.41) is 104. The van der Waals surface area contributed by atoms with Crippen molar-refractivity contribution in [2.24, 2.45) is 0 Å². The number of hydrogen-bond donors (Lipinski definition) is 12. The van der Waals surface area contributed by atoms with Crippen LogP contribution in [0.15, 0.2) is 0 Å². The Morgan fingerprint density at radius 1 is 0.333 bits per heavy atom. The smallest absolute Gasteiger partial charge is 0.111 e. The van der Waals surface area contributed by atoms with Crippen LogP contribution in [0.3, 0.4) is 0 Å². The summed E-state index contributed by atoms with van der Waals surface area (Å²) in [6, 6.07) is 0. The first-order valence-corrected chi connectivity index (χ1v) is 6.96. The monoisotopic (exact) mass is 364 g/mol. The molecule has 12 heteroatoms. The van der Waals surface area contributed by atoms with Gasteiger partial charge >= 0.3 is 0 Å². The van der Waals surface area contributed by atoms with Crippen LogP contribution in [0.1, 0.15) is 0 Å². The number of hydrogen-bond acceptors (Lipinski definition) is 12. The van der Waals surface area contributed by atoms with Crippen LogP contribution < -0.4 is 0 Å². The first kappa shape index (κ1) is 25.8. The average molecular weight is 364 g/mol. The maximum atomic E-state index is 8.96. The summed E-state index contributed by atoms with van der Waals surface area (Å²) >= 11 is 0. The van der Waals surface area contributed by atoms with Gasteiger partial charge in [-0.2, -0.15) is 0 Å². The summed E-state index contributed by atoms with van der Waals surface area (Å²) in [5.41, 5.74) is 0. The molecular formula is C12H28O12. The van der Waals surface area contributed by atoms with Gasteiger partial charge in [-0.05, 0) is 0 Å². The van der Waals surface area contributed by atoms with Crippen molar-refractivity contribution >= 4 is 0 Å². The van der Waals surface area contributed by atoms with E-state index in [1.165, 1.54) is 0 Å². The molecule has 0 aliphatic carbocycles. The van der Waals surface area contributed by atoms with Gasteiger partial charge in [0, 0.05) is 0 Å². The van der Waals surface area contributed by atoms with Gasteiger partial charge in [0.25, 0.3) is 0 Å². The fourth-order valence-corrected chi connectivity index (χ4v) is 1.34. The second-order valence-electron chi connectivity index (χ2n) is 4.96. The van der Waals surface area contributed by atoms with Gasteiger partial charge in [-0.25, -0.2) is 0 Å². The van der Waals surface area contributed by atoms with Crippen molar-refractivity contribution in [1.82, 2.24) is 0 Å². The SMILES string of the molecule is OCC(O)C(O)C(O)C(O)CO.OC[C@@H](O)[C@@H](O)[C@H](O)[C@H](O)CO. The van der Waals surface area contributed by atoms with E-state index in [0.29, 0.717) is 0 Å². The van der Waals surface area contributed by atoms with E-state index in [-0.39, 0.29) is 0 Å². The molecule has 148 valence electrons. The Bertz CT molecular complexity index is 237. The van der Waals surface area contributed by atoms with Gasteiger partial charge in [0.05, 0.1) is 26.4 Å². The van der Waals surface area contributed by atoms with Crippen molar-refractivity contribution in [1.29, 1.82) is 0 Å². The number of rotatable bonds is 10. The molecule has 0 aliphatic rings. The molecule has 0 aromatic heterocycles. The summed E-state index contributed by atoms with van der Waals surface area (Å²) in [5.74, 6) is 0. The van der Waals surface area contributed by atoms with E-state index in [1.807, 2.05) is 0 Å². The number of aliphatic hydroxyl groups excluding tert-OH is 12. The van der Waals surface area contributed by atoms with E-state index in [0.717, 1.165) is 0 Å². The first-order chi connectivity index (χ1) is 11.1. The van der Waals surface area contributed by atoms with Crippen LogP contribution in [-0.4, -0.2) is 137 Å². The number of aliphatic hydroxyl groups is 12. The second kappa shape index (κ2) is 13.8. The van der Waals surface area contributed by atoms with Gasteiger partial charge in [0.2, 0.25) is 0 Å². The minimum Gasteiger partial charge on any atom is -0.394 e. The predicted molar refractivity (Wildman–Crippen MR) is 76.4 cm³/mol. The molecule has 0 fully saturated rings. The van der Waals surface area contributed by atoms with Crippen LogP contribution in [0.5, 0.6) is 0 Å². The predicted octanol–water partition coefficient (Wildman–Crippen LogP) is -7.17. The molecule has 0 heterocycles. The molecule has 0 bridgehead atoms. The van der Waals surface area contributed by atoms with Crippen molar-refractivity contribution in [2.45, 2.75) is 48.8 Å². The summed E-state index contributed by atoms with van der Waals surface area (Å²) in [6.07, 6.45) is -12.8. The van der Waals surface area contributed by atoms with E-state index in [1.54, 1.807) is 0 Å². The minimum atomic E-state index is -1.67. The maximum Gasteiger partial charge on any atom is 0.111 e. The maximum absolute atomic E-state index is 8.96. The van der Waals surface area contributed by atoms with Gasteiger partial charge in [0.1, 0.15) is 48.8 Å². The zero-order valence-electron chi connectivity index (χ0n) is 12.8. The normalized spacial score (nSPS) is 21.5. The lowest BCUT2D eigenvalue weighted by Gasteiger charge is -2.24. The average Bonchev–Trinajstić information content (AvgIpc) is 2.62. The highest BCUT2D eigenvalue weighted by atomic mass is 16.4. The molecule has 4 unspecified atom stereocenters. The van der Waals surface area contributed by atoms with Crippen molar-refractivity contribution in [3.05, 3.63) is 0 Å². The Hall–Kier alpha value is -0.480. The Morgan fingerprint density at radius 2 is 0.458 bits per heavy atom. The molecule has 12 N–H and O–H groups in total. The van der Waals surface area contributed by atoms with Gasteiger partial charge in [-0.1, -0.05) is 0 Å². The van der Waals surface area contributed by atoms with E-state index in [2.05, 4.69) is 0 Å². The molecule has 0 aromatic carbocycles. The lowest BCUT2D eigenvalue weighted by molar-refractivity contribution is -0.123. The summed E-state index contributed by atoms with van der Waals surface area (Å²) in [7, 11) is 0. The van der Waals surface area contributed by atoms with E-state index in [9.17, 15) is 0 Å². The zero-order valence-corrected chi connectivity index (χ0v) is 12.8. The topological polar surface area (TPSA) is 243 Å². The van der Waals surface area contributed by atoms with Gasteiger partial charge in [-0.15, -0.1) is 0 Å². The lowest BCUT2D eigenvalue weighted by atomic mass is 10.0. The molecule has 0 radical (unpaired) electrons. The fourth-order valence-electron chi connectivity index (χ4n) is 1.34. The van der Waals surface area contributed by atoms with Crippen LogP contribution in [0, 0.1) is 0 Å². The van der Waals surface area contributed by atoms with E-state index < -0.39 is 75.3 Å². The minimum absolute atomic E-state index is 0.726. The van der Waals surface area contributed by atoms with Gasteiger partial charge < -0.3 is 61.3 Å². The highest BCUT2D eigenvalue weighted by molar-refractivity contribution is 4.80. The summed E-state index contributed by atoms with van der Waals surface area (Å²) in [6.45, 7) is -2.90. The molecule has 0 aromatic rings. The third-order valence-corrected chi connectivity index (χ3v) is 3.02. The van der Waals surface area contributed by atoms with Crippen LogP contribution in [0.25, 0.3) is 0 Å². The van der Waals surface area contributed by atoms with Crippen LogP contribution in [0.4, 0.5) is 0 Å². The molecular weight excluding hydrogens is 336 g/mol. The van der Waals surface area contributed by atoms with Crippen molar-refractivity contribution in [2.75, 3.05) is 26.4 Å². The zero-order chi connectivity index (χ0) is 19.4. The molecule has 0 amide bonds. The van der Waals surface area contributed by atoms with Crippen molar-refractivity contribution < 1.29 is 61.3 Å². The quantitative estimate of drug-likeness (QED) is 0.173. The third kappa shape index (κ3) is 9.12. The Kier molecular flexibility index (Phi) is 14.8. The largest absolute Gasteiger partial charge is 0.394 e. The van der Waals surface area contributed by atoms with Crippen LogP contribution >= 0.6 is 0 Å². The molecule has 24 heavy (non-hydrogen) atoms. The summed E-state index contributed by atoms with van der Waals surface area (Å²) in [4.78, 5) is 0. The fraction of sp³-hybridized carbons (Fsp3) is 1.00. The van der Waals surface area contributed by atoms with E-state index >= 15 is 0 Å². The molecule has 12 nitrogen and oxygen atoms in total. The molecule has 8 atom stereocenters. The second-order valence-corrected chi connectivity index (χ2v) is 4.96. The Morgan fingerprint density at radius 3 is 0.542 bits per heavy atom. The standard InChI is InChI=1S/2C6H14O6/c2*7-1-3(9)5(11)6(12)4(10)2-8/h2*3-12H,1-2H2/t3-,4-,5-,6-;/m1./s1. The van der Waals surface area contributed by atoms with Crippen LogP contribution in [0.2, 0.25) is 0 Å². The molecule has 0 saturated heterocycles. The Balaban J connectivity index is 0. The van der Waals surface area contributed by atoms with Crippen molar-refractivity contribution in [3.63, 3.8) is 0 Å². The third-order valence-electron chi connectivity index (χ3n) is 3.02. The van der Waals surface area contributed by atoms with Gasteiger partial charge in [0.15, 0.2) is 0 Å². The highest BCUT2D eigenvalue weighted by Crippen LogP contribution is 2.04. The van der Waals surface area contributed by atoms with Crippen LogP contribution in [-0.2, 0) is 0 Å². The van der Waals surface area contributed by atoms with Crippen molar-refractivity contribution in [3.8, 4) is 0 Å². The molecule has 0 aliphatic heterocycles. The highest BCUT2D eigenvalue weighted by Gasteiger charge is 2.30. The lowest BCUT2D eigenvalue weighted by Crippen LogP contribution is -2.46. The molecule has 0 spiro atoms.